The van der Waals surface area contributed by atoms with Gasteiger partial charge in [-0.15, -0.1) is 0 Å². The topological polar surface area (TPSA) is 52.6 Å². The zero-order valence-electron chi connectivity index (χ0n) is 12.4. The molecule has 1 aromatic rings. The minimum atomic E-state index is -0.882. The molecule has 0 aliphatic carbocycles. The molecule has 1 rings (SSSR count). The van der Waals surface area contributed by atoms with Crippen LogP contribution in [0, 0.1) is 0 Å². The Morgan fingerprint density at radius 3 is 2.48 bits per heavy atom. The molecule has 0 fully saturated rings. The monoisotopic (exact) mass is 288 g/mol. The van der Waals surface area contributed by atoms with Crippen LogP contribution in [0.2, 0.25) is 0 Å². The van der Waals surface area contributed by atoms with Gasteiger partial charge in [-0.05, 0) is 25.0 Å². The van der Waals surface area contributed by atoms with Gasteiger partial charge >= 0.3 is 11.9 Å². The standard InChI is InChI=1S/C17H20O4/c1-4-8-16(21-17(19)13(2)3)20-15(18)12-11-14-9-6-5-7-10-14/h5-7,9-12,16H,2,4,8H2,1,3H3. The minimum absolute atomic E-state index is 0.270. The lowest BCUT2D eigenvalue weighted by Crippen LogP contribution is -2.24. The van der Waals surface area contributed by atoms with Crippen LogP contribution in [0.5, 0.6) is 0 Å². The van der Waals surface area contributed by atoms with Crippen molar-refractivity contribution in [2.75, 3.05) is 0 Å². The number of hydrogen-bond acceptors (Lipinski definition) is 4. The van der Waals surface area contributed by atoms with Crippen molar-refractivity contribution in [3.63, 3.8) is 0 Å². The van der Waals surface area contributed by atoms with E-state index < -0.39 is 18.2 Å². The summed E-state index contributed by atoms with van der Waals surface area (Å²) in [5.41, 5.74) is 1.16. The van der Waals surface area contributed by atoms with Crippen molar-refractivity contribution in [3.05, 3.63) is 54.1 Å². The molecule has 112 valence electrons. The molecule has 0 aliphatic heterocycles. The summed E-state index contributed by atoms with van der Waals surface area (Å²) in [6.07, 6.45) is 3.25. The second-order valence-electron chi connectivity index (χ2n) is 4.58. The van der Waals surface area contributed by atoms with E-state index in [1.807, 2.05) is 37.3 Å². The van der Waals surface area contributed by atoms with Gasteiger partial charge in [-0.3, -0.25) is 0 Å². The SMILES string of the molecule is C=C(C)C(=O)OC(CCC)OC(=O)C=Cc1ccccc1. The molecule has 0 bridgehead atoms. The second kappa shape index (κ2) is 8.74. The Kier molecular flexibility index (Phi) is 6.95. The molecule has 0 heterocycles. The van der Waals surface area contributed by atoms with E-state index in [0.29, 0.717) is 6.42 Å². The van der Waals surface area contributed by atoms with Crippen molar-refractivity contribution in [3.8, 4) is 0 Å². The van der Waals surface area contributed by atoms with Crippen LogP contribution in [0.1, 0.15) is 32.3 Å². The van der Waals surface area contributed by atoms with Crippen LogP contribution >= 0.6 is 0 Å². The molecular weight excluding hydrogens is 268 g/mol. The van der Waals surface area contributed by atoms with Crippen LogP contribution in [0.25, 0.3) is 6.08 Å². The third-order valence-corrected chi connectivity index (χ3v) is 2.57. The van der Waals surface area contributed by atoms with Crippen LogP contribution in [-0.4, -0.2) is 18.2 Å². The van der Waals surface area contributed by atoms with Gasteiger partial charge < -0.3 is 9.47 Å². The van der Waals surface area contributed by atoms with Gasteiger partial charge in [0.1, 0.15) is 0 Å². The first kappa shape index (κ1) is 16.7. The molecule has 0 amide bonds. The predicted molar refractivity (Wildman–Crippen MR) is 81.2 cm³/mol. The number of carbonyl (C=O) groups is 2. The number of carbonyl (C=O) groups excluding carboxylic acids is 2. The fourth-order valence-corrected chi connectivity index (χ4v) is 1.49. The Hall–Kier alpha value is -2.36. The summed E-state index contributed by atoms with van der Waals surface area (Å²) in [5.74, 6) is -1.11. The number of esters is 2. The van der Waals surface area contributed by atoms with Crippen LogP contribution < -0.4 is 0 Å². The van der Waals surface area contributed by atoms with Crippen LogP contribution in [-0.2, 0) is 19.1 Å². The smallest absolute Gasteiger partial charge is 0.336 e. The second-order valence-corrected chi connectivity index (χ2v) is 4.58. The Labute approximate surface area is 125 Å². The molecule has 4 heteroatoms. The third kappa shape index (κ3) is 6.56. The Morgan fingerprint density at radius 1 is 1.24 bits per heavy atom. The van der Waals surface area contributed by atoms with Crippen molar-refractivity contribution < 1.29 is 19.1 Å². The molecule has 1 unspecified atom stereocenters. The van der Waals surface area contributed by atoms with E-state index in [2.05, 4.69) is 6.58 Å². The van der Waals surface area contributed by atoms with E-state index in [-0.39, 0.29) is 5.57 Å². The normalized spacial score (nSPS) is 11.9. The summed E-state index contributed by atoms with van der Waals surface area (Å²) in [4.78, 5) is 23.2. The summed E-state index contributed by atoms with van der Waals surface area (Å²) < 4.78 is 10.2. The highest BCUT2D eigenvalue weighted by atomic mass is 16.7. The van der Waals surface area contributed by atoms with E-state index >= 15 is 0 Å². The first-order valence-electron chi connectivity index (χ1n) is 6.83. The largest absolute Gasteiger partial charge is 0.422 e. The van der Waals surface area contributed by atoms with E-state index in [0.717, 1.165) is 12.0 Å². The molecular formula is C17H20O4. The number of rotatable bonds is 7. The van der Waals surface area contributed by atoms with Crippen LogP contribution in [0.3, 0.4) is 0 Å². The highest BCUT2D eigenvalue weighted by molar-refractivity contribution is 5.88. The average Bonchev–Trinajstić information content (AvgIpc) is 2.46. The number of benzene rings is 1. The highest BCUT2D eigenvalue weighted by Crippen LogP contribution is 2.09. The summed E-state index contributed by atoms with van der Waals surface area (Å²) in [6, 6.07) is 9.38. The third-order valence-electron chi connectivity index (χ3n) is 2.57. The molecule has 0 spiro atoms. The van der Waals surface area contributed by atoms with Gasteiger partial charge in [0.25, 0.3) is 0 Å². The maximum absolute atomic E-state index is 11.7. The maximum atomic E-state index is 11.7. The van der Waals surface area contributed by atoms with E-state index in [9.17, 15) is 9.59 Å². The average molecular weight is 288 g/mol. The zero-order valence-corrected chi connectivity index (χ0v) is 12.4. The lowest BCUT2D eigenvalue weighted by molar-refractivity contribution is -0.182. The number of hydrogen-bond donors (Lipinski definition) is 0. The highest BCUT2D eigenvalue weighted by Gasteiger charge is 2.17. The van der Waals surface area contributed by atoms with Crippen LogP contribution in [0.15, 0.2) is 48.6 Å². The molecule has 4 nitrogen and oxygen atoms in total. The Balaban J connectivity index is 2.58. The molecule has 21 heavy (non-hydrogen) atoms. The fourth-order valence-electron chi connectivity index (χ4n) is 1.49. The van der Waals surface area contributed by atoms with Gasteiger partial charge in [-0.25, -0.2) is 9.59 Å². The van der Waals surface area contributed by atoms with Crippen LogP contribution in [0.4, 0.5) is 0 Å². The van der Waals surface area contributed by atoms with E-state index in [4.69, 9.17) is 9.47 Å². The van der Waals surface area contributed by atoms with Gasteiger partial charge in [-0.1, -0.05) is 43.8 Å². The quantitative estimate of drug-likeness (QED) is 0.438. The number of ether oxygens (including phenoxy) is 2. The van der Waals surface area contributed by atoms with Crippen molar-refractivity contribution in [1.82, 2.24) is 0 Å². The van der Waals surface area contributed by atoms with Gasteiger partial charge in [0.05, 0.1) is 0 Å². The van der Waals surface area contributed by atoms with Crippen molar-refractivity contribution in [2.24, 2.45) is 0 Å². The Morgan fingerprint density at radius 2 is 1.90 bits per heavy atom. The fraction of sp³-hybridized carbons (Fsp3) is 0.294. The van der Waals surface area contributed by atoms with Crippen molar-refractivity contribution in [1.29, 1.82) is 0 Å². The molecule has 0 saturated heterocycles. The lowest BCUT2D eigenvalue weighted by Gasteiger charge is -2.16. The lowest BCUT2D eigenvalue weighted by atomic mass is 10.2. The van der Waals surface area contributed by atoms with E-state index in [1.54, 1.807) is 13.0 Å². The molecule has 0 saturated carbocycles. The molecule has 0 aliphatic rings. The first-order chi connectivity index (χ1) is 10.0. The Bertz CT molecular complexity index is 517. The minimum Gasteiger partial charge on any atom is -0.422 e. The van der Waals surface area contributed by atoms with Gasteiger partial charge in [0.2, 0.25) is 6.29 Å². The molecule has 0 aromatic heterocycles. The zero-order chi connectivity index (χ0) is 15.7. The summed E-state index contributed by atoms with van der Waals surface area (Å²) in [7, 11) is 0. The first-order valence-corrected chi connectivity index (χ1v) is 6.83. The van der Waals surface area contributed by atoms with Gasteiger partial charge in [-0.2, -0.15) is 0 Å². The molecule has 1 atom stereocenters. The van der Waals surface area contributed by atoms with Gasteiger partial charge in [0, 0.05) is 18.1 Å². The summed E-state index contributed by atoms with van der Waals surface area (Å²) in [6.45, 7) is 6.95. The summed E-state index contributed by atoms with van der Waals surface area (Å²) in [5, 5.41) is 0. The maximum Gasteiger partial charge on any atom is 0.336 e. The predicted octanol–water partition coefficient (Wildman–Crippen LogP) is 3.49. The molecule has 0 radical (unpaired) electrons. The van der Waals surface area contributed by atoms with E-state index in [1.165, 1.54) is 6.08 Å². The molecule has 1 aromatic carbocycles. The van der Waals surface area contributed by atoms with Gasteiger partial charge in [0.15, 0.2) is 0 Å². The molecule has 0 N–H and O–H groups in total. The van der Waals surface area contributed by atoms with Crippen molar-refractivity contribution in [2.45, 2.75) is 33.0 Å². The van der Waals surface area contributed by atoms with Crippen molar-refractivity contribution >= 4 is 18.0 Å². The summed E-state index contributed by atoms with van der Waals surface area (Å²) >= 11 is 0.